The summed E-state index contributed by atoms with van der Waals surface area (Å²) in [5.41, 5.74) is 3.14. The molecular weight excluding hydrogens is 626 g/mol. The molecule has 0 saturated heterocycles. The third kappa shape index (κ3) is 14.5. The number of carbonyl (C=O) groups excluding carboxylic acids is 4. The van der Waals surface area contributed by atoms with Gasteiger partial charge in [-0.1, -0.05) is 62.3 Å². The molecule has 0 N–H and O–H groups in total. The molecule has 0 atom stereocenters. The van der Waals surface area contributed by atoms with E-state index in [1.165, 1.54) is 51.1 Å². The molecule has 0 fully saturated rings. The van der Waals surface area contributed by atoms with Gasteiger partial charge in [0.1, 0.15) is 11.3 Å². The lowest BCUT2D eigenvalue weighted by Crippen LogP contribution is -2.49. The lowest BCUT2D eigenvalue weighted by molar-refractivity contribution is -0.590. The molecule has 4 aromatic rings. The van der Waals surface area contributed by atoms with Crippen LogP contribution in [0.25, 0.3) is 0 Å². The fraction of sp³-hybridized carbons (Fsp3) is 0.342. The molecule has 11 nitrogen and oxygen atoms in total. The van der Waals surface area contributed by atoms with Crippen molar-refractivity contribution < 1.29 is 42.7 Å². The van der Waals surface area contributed by atoms with Crippen LogP contribution in [-0.2, 0) is 27.1 Å². The van der Waals surface area contributed by atoms with Crippen molar-refractivity contribution in [3.8, 4) is 5.75 Å². The maximum absolute atomic E-state index is 12.5. The second kappa shape index (κ2) is 23.0. The number of carbonyl (C=O) groups is 4. The molecule has 3 heterocycles. The van der Waals surface area contributed by atoms with Gasteiger partial charge in [0.05, 0.1) is 32.5 Å². The Morgan fingerprint density at radius 3 is 1.78 bits per heavy atom. The predicted molar refractivity (Wildman–Crippen MR) is 183 cm³/mol. The number of esters is 3. The van der Waals surface area contributed by atoms with Gasteiger partial charge in [-0.15, -0.1) is 0 Å². The third-order valence-electron chi connectivity index (χ3n) is 7.00. The SMILES string of the molecule is CCCCCc1ccc(C(=O)OC)c[n+]1C(=O)Oc1ccccc1.CCCCCc1ccc(C(=O)OC)cn1.COC(=O)c1cccnc1. The van der Waals surface area contributed by atoms with E-state index in [1.54, 1.807) is 67.0 Å². The molecule has 1 aromatic carbocycles. The molecule has 3 aromatic heterocycles. The number of para-hydroxylation sites is 1. The van der Waals surface area contributed by atoms with E-state index in [1.807, 2.05) is 12.1 Å². The Labute approximate surface area is 288 Å². The number of methoxy groups -OCH3 is 3. The van der Waals surface area contributed by atoms with Crippen molar-refractivity contribution in [2.45, 2.75) is 65.2 Å². The van der Waals surface area contributed by atoms with E-state index in [2.05, 4.69) is 33.3 Å². The van der Waals surface area contributed by atoms with Gasteiger partial charge in [-0.2, -0.15) is 4.79 Å². The molecule has 4 rings (SSSR count). The summed E-state index contributed by atoms with van der Waals surface area (Å²) in [5, 5.41) is 0. The molecular formula is C38H46N3O8+. The highest BCUT2D eigenvalue weighted by Gasteiger charge is 2.25. The summed E-state index contributed by atoms with van der Waals surface area (Å²) in [4.78, 5) is 54.1. The van der Waals surface area contributed by atoms with Crippen molar-refractivity contribution in [2.75, 3.05) is 21.3 Å². The third-order valence-corrected chi connectivity index (χ3v) is 7.00. The zero-order chi connectivity index (χ0) is 35.9. The fourth-order valence-electron chi connectivity index (χ4n) is 4.31. The summed E-state index contributed by atoms with van der Waals surface area (Å²) in [6.45, 7) is 4.30. The van der Waals surface area contributed by atoms with E-state index in [9.17, 15) is 19.2 Å². The maximum Gasteiger partial charge on any atom is 0.607 e. The molecule has 49 heavy (non-hydrogen) atoms. The fourth-order valence-corrected chi connectivity index (χ4v) is 4.31. The van der Waals surface area contributed by atoms with Crippen LogP contribution < -0.4 is 9.30 Å². The average molecular weight is 673 g/mol. The lowest BCUT2D eigenvalue weighted by atomic mass is 10.1. The summed E-state index contributed by atoms with van der Waals surface area (Å²) in [6.07, 6.45) is 14.0. The predicted octanol–water partition coefficient (Wildman–Crippen LogP) is 7.01. The number of unbranched alkanes of at least 4 members (excludes halogenated alkanes) is 4. The number of hydrogen-bond donors (Lipinski definition) is 0. The highest BCUT2D eigenvalue weighted by molar-refractivity contribution is 5.89. The monoisotopic (exact) mass is 672 g/mol. The second-order valence-electron chi connectivity index (χ2n) is 10.6. The van der Waals surface area contributed by atoms with E-state index in [-0.39, 0.29) is 11.9 Å². The van der Waals surface area contributed by atoms with Crippen molar-refractivity contribution in [1.82, 2.24) is 9.97 Å². The Kier molecular flexibility index (Phi) is 18.6. The van der Waals surface area contributed by atoms with Crippen LogP contribution >= 0.6 is 0 Å². The Morgan fingerprint density at radius 2 is 1.22 bits per heavy atom. The van der Waals surface area contributed by atoms with Crippen molar-refractivity contribution in [1.29, 1.82) is 0 Å². The first kappa shape index (κ1) is 39.7. The van der Waals surface area contributed by atoms with E-state index >= 15 is 0 Å². The molecule has 0 unspecified atom stereocenters. The topological polar surface area (TPSA) is 135 Å². The first-order chi connectivity index (χ1) is 23.8. The van der Waals surface area contributed by atoms with Crippen LogP contribution in [0.4, 0.5) is 4.79 Å². The van der Waals surface area contributed by atoms with Gasteiger partial charge in [0.25, 0.3) is 0 Å². The van der Waals surface area contributed by atoms with E-state index in [4.69, 9.17) is 9.47 Å². The number of hydrogen-bond acceptors (Lipinski definition) is 10. The summed E-state index contributed by atoms with van der Waals surface area (Å²) in [6, 6.07) is 19.3. The number of pyridine rings is 3. The minimum Gasteiger partial charge on any atom is -0.465 e. The number of ether oxygens (including phenoxy) is 4. The number of nitrogens with zero attached hydrogens (tertiary/aromatic N) is 3. The molecule has 0 aliphatic heterocycles. The highest BCUT2D eigenvalue weighted by Crippen LogP contribution is 2.11. The Balaban J connectivity index is 0.000000283. The normalized spacial score (nSPS) is 9.90. The zero-order valence-corrected chi connectivity index (χ0v) is 28.9. The Bertz CT molecular complexity index is 1580. The molecule has 0 aliphatic carbocycles. The van der Waals surface area contributed by atoms with Gasteiger partial charge in [0.2, 0.25) is 0 Å². The van der Waals surface area contributed by atoms with Crippen LogP contribution in [0.1, 0.15) is 94.8 Å². The molecule has 260 valence electrons. The van der Waals surface area contributed by atoms with Gasteiger partial charge >= 0.3 is 24.0 Å². The van der Waals surface area contributed by atoms with E-state index in [0.717, 1.165) is 49.9 Å². The van der Waals surface area contributed by atoms with Gasteiger partial charge in [-0.05, 0) is 61.7 Å². The summed E-state index contributed by atoms with van der Waals surface area (Å²) in [7, 11) is 4.02. The number of aryl methyl sites for hydroxylation is 2. The van der Waals surface area contributed by atoms with Gasteiger partial charge < -0.3 is 18.9 Å². The molecule has 0 radical (unpaired) electrons. The van der Waals surface area contributed by atoms with Crippen LogP contribution in [0, 0.1) is 0 Å². The quantitative estimate of drug-likeness (QED) is 0.0669. The molecule has 0 aliphatic rings. The number of benzene rings is 1. The van der Waals surface area contributed by atoms with Crippen molar-refractivity contribution in [2.24, 2.45) is 0 Å². The van der Waals surface area contributed by atoms with Crippen LogP contribution in [0.5, 0.6) is 5.75 Å². The van der Waals surface area contributed by atoms with Crippen molar-refractivity contribution in [3.63, 3.8) is 0 Å². The van der Waals surface area contributed by atoms with Gasteiger partial charge in [0.15, 0.2) is 11.9 Å². The minimum absolute atomic E-state index is 0.307. The van der Waals surface area contributed by atoms with Gasteiger partial charge in [0, 0.05) is 36.8 Å². The average Bonchev–Trinajstić information content (AvgIpc) is 3.15. The smallest absolute Gasteiger partial charge is 0.465 e. The summed E-state index contributed by atoms with van der Waals surface area (Å²) in [5.74, 6) is -0.718. The van der Waals surface area contributed by atoms with Crippen molar-refractivity contribution in [3.05, 3.63) is 120 Å². The minimum atomic E-state index is -0.543. The van der Waals surface area contributed by atoms with Crippen molar-refractivity contribution >= 4 is 24.0 Å². The number of aromatic nitrogens is 3. The van der Waals surface area contributed by atoms with Crippen LogP contribution in [0.3, 0.4) is 0 Å². The van der Waals surface area contributed by atoms with Gasteiger partial charge in [-0.25, -0.2) is 14.4 Å². The van der Waals surface area contributed by atoms with Crippen LogP contribution in [0.2, 0.25) is 0 Å². The van der Waals surface area contributed by atoms with Crippen LogP contribution in [-0.4, -0.2) is 55.3 Å². The van der Waals surface area contributed by atoms with Gasteiger partial charge in [-0.3, -0.25) is 9.97 Å². The molecule has 0 saturated carbocycles. The highest BCUT2D eigenvalue weighted by atomic mass is 16.6. The molecule has 0 amide bonds. The lowest BCUT2D eigenvalue weighted by Gasteiger charge is -2.05. The largest absolute Gasteiger partial charge is 0.607 e. The van der Waals surface area contributed by atoms with Crippen LogP contribution in [0.15, 0.2) is 91.5 Å². The first-order valence-corrected chi connectivity index (χ1v) is 16.2. The number of rotatable bonds is 12. The maximum atomic E-state index is 12.5. The Morgan fingerprint density at radius 1 is 0.633 bits per heavy atom. The second-order valence-corrected chi connectivity index (χ2v) is 10.6. The first-order valence-electron chi connectivity index (χ1n) is 16.2. The molecule has 0 bridgehead atoms. The van der Waals surface area contributed by atoms with E-state index < -0.39 is 12.1 Å². The summed E-state index contributed by atoms with van der Waals surface area (Å²) < 4.78 is 20.5. The standard InChI is InChI=1S/C19H22NO4.C12H17NO2.C7H7NO2/c1-3-4-6-9-16-13-12-15(18(21)23-2)14-20(16)19(22)24-17-10-7-5-8-11-17;1-3-4-5-6-11-8-7-10(9-13-11)12(14)15-2;1-10-7(9)6-3-2-4-8-5-6/h5,7-8,10-14H,3-4,6,9H2,1-2H3;7-9H,3-6H2,1-2H3;2-5H,1H3/q+1;;. The molecule has 11 heteroatoms. The molecule has 0 spiro atoms. The van der Waals surface area contributed by atoms with E-state index in [0.29, 0.717) is 22.4 Å². The zero-order valence-electron chi connectivity index (χ0n) is 28.9. The summed E-state index contributed by atoms with van der Waals surface area (Å²) >= 11 is 0. The Hall–Kier alpha value is -5.45.